The lowest BCUT2D eigenvalue weighted by molar-refractivity contribution is -0.262. The van der Waals surface area contributed by atoms with Gasteiger partial charge in [0.2, 0.25) is 0 Å². The van der Waals surface area contributed by atoms with Crippen molar-refractivity contribution in [2.75, 3.05) is 0 Å². The number of ether oxygens (including phenoxy) is 1. The third-order valence-corrected chi connectivity index (χ3v) is 6.97. The second kappa shape index (κ2) is 7.77. The van der Waals surface area contributed by atoms with E-state index in [9.17, 15) is 5.21 Å². The molecule has 0 spiro atoms. The molecule has 0 atom stereocenters. The number of rotatable bonds is 5. The van der Waals surface area contributed by atoms with Crippen LogP contribution in [0.4, 0.5) is 0 Å². The number of piperidine rings is 1. The molecule has 1 aliphatic rings. The number of nitrogens with zero attached hydrogens (tertiary/aromatic N) is 1. The summed E-state index contributed by atoms with van der Waals surface area (Å²) in [5.41, 5.74) is 5.51. The van der Waals surface area contributed by atoms with Gasteiger partial charge in [0.05, 0.1) is 12.7 Å². The first kappa shape index (κ1) is 21.3. The molecule has 0 aliphatic carbocycles. The van der Waals surface area contributed by atoms with E-state index in [1.165, 1.54) is 38.0 Å². The van der Waals surface area contributed by atoms with Crippen molar-refractivity contribution in [3.05, 3.63) is 71.5 Å². The number of hydroxylamine groups is 2. The van der Waals surface area contributed by atoms with Crippen molar-refractivity contribution in [3.8, 4) is 0 Å². The predicted molar refractivity (Wildman–Crippen MR) is 129 cm³/mol. The zero-order chi connectivity index (χ0) is 22.5. The highest BCUT2D eigenvalue weighted by molar-refractivity contribution is 5.87. The van der Waals surface area contributed by atoms with E-state index in [2.05, 4.69) is 92.5 Å². The van der Waals surface area contributed by atoms with Crippen LogP contribution in [0.1, 0.15) is 57.2 Å². The van der Waals surface area contributed by atoms with Crippen LogP contribution in [0.15, 0.2) is 54.9 Å². The molecule has 2 aromatic heterocycles. The summed E-state index contributed by atoms with van der Waals surface area (Å²) >= 11 is 0. The van der Waals surface area contributed by atoms with Crippen LogP contribution >= 0.6 is 0 Å². The summed E-state index contributed by atoms with van der Waals surface area (Å²) in [4.78, 5) is 6.80. The molecule has 4 aromatic rings. The van der Waals surface area contributed by atoms with E-state index in [1.54, 1.807) is 0 Å². The number of hydrogen-bond acceptors (Lipinski definition) is 3. The minimum Gasteiger partial charge on any atom is -0.373 e. The van der Waals surface area contributed by atoms with Crippen molar-refractivity contribution >= 4 is 21.8 Å². The molecule has 1 fully saturated rings. The summed E-state index contributed by atoms with van der Waals surface area (Å²) in [6, 6.07) is 15.0. The van der Waals surface area contributed by atoms with Gasteiger partial charge >= 0.3 is 0 Å². The molecule has 0 amide bonds. The van der Waals surface area contributed by atoms with E-state index in [0.717, 1.165) is 24.8 Å². The van der Waals surface area contributed by atoms with Gasteiger partial charge in [-0.2, -0.15) is 5.06 Å². The van der Waals surface area contributed by atoms with Crippen LogP contribution in [0.3, 0.4) is 0 Å². The van der Waals surface area contributed by atoms with E-state index in [0.29, 0.717) is 6.61 Å². The Morgan fingerprint density at radius 2 is 1.53 bits per heavy atom. The Bertz CT molecular complexity index is 1230. The highest BCUT2D eigenvalue weighted by Crippen LogP contribution is 2.38. The number of para-hydroxylation sites is 1. The molecule has 1 saturated heterocycles. The molecule has 0 radical (unpaired) electrons. The van der Waals surface area contributed by atoms with Crippen molar-refractivity contribution in [1.82, 2.24) is 15.0 Å². The molecule has 0 bridgehead atoms. The van der Waals surface area contributed by atoms with E-state index in [1.807, 2.05) is 0 Å². The lowest BCUT2D eigenvalue weighted by Crippen LogP contribution is -2.60. The van der Waals surface area contributed by atoms with Crippen molar-refractivity contribution in [2.45, 2.75) is 70.7 Å². The first-order chi connectivity index (χ1) is 15.2. The highest BCUT2D eigenvalue weighted by atomic mass is 16.5. The van der Waals surface area contributed by atoms with Crippen molar-refractivity contribution in [1.29, 1.82) is 0 Å². The van der Waals surface area contributed by atoms with Crippen LogP contribution in [0, 0.1) is 0 Å². The van der Waals surface area contributed by atoms with Crippen LogP contribution < -0.4 is 0 Å². The maximum absolute atomic E-state index is 10.5. The molecular weight excluding hydrogens is 398 g/mol. The molecule has 5 rings (SSSR count). The summed E-state index contributed by atoms with van der Waals surface area (Å²) in [6.07, 6.45) is 6.87. The first-order valence-corrected chi connectivity index (χ1v) is 11.5. The number of benzene rings is 2. The molecule has 2 aromatic carbocycles. The third-order valence-electron chi connectivity index (χ3n) is 6.97. The van der Waals surface area contributed by atoms with Crippen molar-refractivity contribution < 1.29 is 9.94 Å². The second-order valence-electron chi connectivity index (χ2n) is 10.5. The zero-order valence-corrected chi connectivity index (χ0v) is 19.4. The normalized spacial score (nSPS) is 19.2. The van der Waals surface area contributed by atoms with E-state index >= 15 is 0 Å². The number of hydrogen-bond donors (Lipinski definition) is 3. The number of aromatic amines is 2. The molecule has 0 unspecified atom stereocenters. The highest BCUT2D eigenvalue weighted by Gasteiger charge is 2.45. The van der Waals surface area contributed by atoms with Gasteiger partial charge in [0.25, 0.3) is 0 Å². The molecule has 1 aliphatic heterocycles. The third kappa shape index (κ3) is 3.85. The minimum atomic E-state index is -0.302. The maximum Gasteiger partial charge on any atom is 0.0720 e. The molecule has 3 N–H and O–H groups in total. The van der Waals surface area contributed by atoms with Gasteiger partial charge in [-0.15, -0.1) is 0 Å². The number of nitrogens with one attached hydrogen (secondary N) is 2. The quantitative estimate of drug-likeness (QED) is 0.354. The van der Waals surface area contributed by atoms with Crippen LogP contribution in [0.25, 0.3) is 21.8 Å². The van der Waals surface area contributed by atoms with Gasteiger partial charge in [0.1, 0.15) is 0 Å². The summed E-state index contributed by atoms with van der Waals surface area (Å²) in [5.74, 6) is 0. The summed E-state index contributed by atoms with van der Waals surface area (Å²) in [5, 5.41) is 14.6. The number of H-pyrrole nitrogens is 2. The van der Waals surface area contributed by atoms with E-state index in [-0.39, 0.29) is 17.2 Å². The Hall–Kier alpha value is -2.60. The summed E-state index contributed by atoms with van der Waals surface area (Å²) < 4.78 is 6.36. The SMILES string of the molecule is CC1(C)CC(OCc2ccc3[nH]cc(Cc4c[nH]c5ccccc45)c3c2)CC(C)(C)N1O. The maximum atomic E-state index is 10.5. The molecule has 168 valence electrons. The zero-order valence-electron chi connectivity index (χ0n) is 19.4. The van der Waals surface area contributed by atoms with Gasteiger partial charge in [0.15, 0.2) is 0 Å². The fourth-order valence-electron chi connectivity index (χ4n) is 5.46. The fourth-order valence-corrected chi connectivity index (χ4v) is 5.46. The van der Waals surface area contributed by atoms with Gasteiger partial charge < -0.3 is 19.9 Å². The molecular formula is C27H33N3O2. The van der Waals surface area contributed by atoms with Crippen molar-refractivity contribution in [2.24, 2.45) is 0 Å². The Kier molecular flexibility index (Phi) is 5.16. The van der Waals surface area contributed by atoms with Gasteiger partial charge in [-0.3, -0.25) is 0 Å². The standard InChI is InChI=1S/C27H33N3O2/c1-26(2)13-21(14-27(3,4)30(26)31)32-17-18-9-10-25-23(11-18)20(16-29-25)12-19-15-28-24-8-6-5-7-22(19)24/h5-11,15-16,21,28-29,31H,12-14,17H2,1-4H3. The van der Waals surface area contributed by atoms with Gasteiger partial charge in [-0.05, 0) is 75.4 Å². The monoisotopic (exact) mass is 431 g/mol. The Labute approximate surface area is 189 Å². The lowest BCUT2D eigenvalue weighted by Gasteiger charge is -2.51. The number of aromatic nitrogens is 2. The fraction of sp³-hybridized carbons (Fsp3) is 0.407. The predicted octanol–water partition coefficient (Wildman–Crippen LogP) is 6.17. The van der Waals surface area contributed by atoms with E-state index < -0.39 is 0 Å². The number of fused-ring (bicyclic) bond motifs is 2. The molecule has 5 nitrogen and oxygen atoms in total. The van der Waals surface area contributed by atoms with Crippen molar-refractivity contribution in [3.63, 3.8) is 0 Å². The van der Waals surface area contributed by atoms with E-state index in [4.69, 9.17) is 4.74 Å². The van der Waals surface area contributed by atoms with Gasteiger partial charge in [-0.25, -0.2) is 0 Å². The Morgan fingerprint density at radius 1 is 0.906 bits per heavy atom. The molecule has 0 saturated carbocycles. The van der Waals surface area contributed by atoms with Crippen LogP contribution in [0.5, 0.6) is 0 Å². The molecule has 3 heterocycles. The first-order valence-electron chi connectivity index (χ1n) is 11.5. The minimum absolute atomic E-state index is 0.121. The molecule has 32 heavy (non-hydrogen) atoms. The average Bonchev–Trinajstić information content (AvgIpc) is 3.35. The summed E-state index contributed by atoms with van der Waals surface area (Å²) in [6.45, 7) is 8.89. The largest absolute Gasteiger partial charge is 0.373 e. The topological polar surface area (TPSA) is 64.3 Å². The summed E-state index contributed by atoms with van der Waals surface area (Å²) in [7, 11) is 0. The second-order valence-corrected chi connectivity index (χ2v) is 10.5. The van der Waals surface area contributed by atoms with Gasteiger partial charge in [0, 0.05) is 51.7 Å². The van der Waals surface area contributed by atoms with Gasteiger partial charge in [-0.1, -0.05) is 24.3 Å². The van der Waals surface area contributed by atoms with Crippen LogP contribution in [-0.4, -0.2) is 37.4 Å². The Balaban J connectivity index is 1.34. The lowest BCUT2D eigenvalue weighted by atomic mass is 9.80. The van der Waals surface area contributed by atoms with Crippen LogP contribution in [0.2, 0.25) is 0 Å². The van der Waals surface area contributed by atoms with Crippen LogP contribution in [-0.2, 0) is 17.8 Å². The Morgan fingerprint density at radius 3 is 2.25 bits per heavy atom. The average molecular weight is 432 g/mol. The smallest absolute Gasteiger partial charge is 0.0720 e. The molecule has 5 heteroatoms.